The maximum atomic E-state index is 12.2. The first-order valence-electron chi connectivity index (χ1n) is 5.61. The fourth-order valence-electron chi connectivity index (χ4n) is 1.61. The second-order valence-corrected chi connectivity index (χ2v) is 4.00. The summed E-state index contributed by atoms with van der Waals surface area (Å²) in [6.45, 7) is 0. The number of carbonyl (C=O) groups excluding carboxylic acids is 1. The molecule has 2 N–H and O–H groups in total. The average molecular weight is 252 g/mol. The number of amides is 1. The van der Waals surface area contributed by atoms with Crippen molar-refractivity contribution in [3.8, 4) is 6.07 Å². The maximum Gasteiger partial charge on any atom is 0.276 e. The Kier molecular flexibility index (Phi) is 3.44. The van der Waals surface area contributed by atoms with Gasteiger partial charge in [0.2, 0.25) is 0 Å². The molecule has 0 aliphatic rings. The number of pyridine rings is 1. The van der Waals surface area contributed by atoms with Gasteiger partial charge in [0.15, 0.2) is 0 Å². The molecule has 0 atom stereocenters. The Morgan fingerprint density at radius 2 is 2.00 bits per heavy atom. The van der Waals surface area contributed by atoms with Crippen LogP contribution in [-0.2, 0) is 0 Å². The van der Waals surface area contributed by atoms with Gasteiger partial charge >= 0.3 is 0 Å². The van der Waals surface area contributed by atoms with E-state index in [4.69, 9.17) is 11.0 Å². The van der Waals surface area contributed by atoms with Crippen LogP contribution in [0.4, 0.5) is 11.4 Å². The van der Waals surface area contributed by atoms with E-state index in [1.807, 2.05) is 6.07 Å². The van der Waals surface area contributed by atoms with Crippen molar-refractivity contribution in [3.63, 3.8) is 0 Å². The molecule has 0 saturated heterocycles. The highest BCUT2D eigenvalue weighted by atomic mass is 16.2. The van der Waals surface area contributed by atoms with E-state index < -0.39 is 0 Å². The van der Waals surface area contributed by atoms with Crippen LogP contribution in [-0.4, -0.2) is 17.9 Å². The zero-order valence-electron chi connectivity index (χ0n) is 10.4. The third-order valence-electron chi connectivity index (χ3n) is 2.69. The Labute approximate surface area is 110 Å². The first-order chi connectivity index (χ1) is 9.11. The molecule has 0 aliphatic carbocycles. The van der Waals surface area contributed by atoms with E-state index in [0.717, 1.165) is 0 Å². The molecule has 2 aromatic rings. The molecule has 0 saturated carbocycles. The van der Waals surface area contributed by atoms with E-state index >= 15 is 0 Å². The standard InChI is InChI=1S/C14H12N4O/c1-18(12-4-2-10(9-15)3-5-12)14(19)13-8-11(16)6-7-17-13/h2-8H,1H3,(H2,16,17). The minimum Gasteiger partial charge on any atom is -0.399 e. The molecular weight excluding hydrogens is 240 g/mol. The van der Waals surface area contributed by atoms with Crippen LogP contribution in [0.3, 0.4) is 0 Å². The van der Waals surface area contributed by atoms with E-state index in [-0.39, 0.29) is 11.6 Å². The number of aromatic nitrogens is 1. The van der Waals surface area contributed by atoms with Crippen LogP contribution in [0.15, 0.2) is 42.6 Å². The summed E-state index contributed by atoms with van der Waals surface area (Å²) in [4.78, 5) is 17.7. The molecule has 19 heavy (non-hydrogen) atoms. The molecule has 0 radical (unpaired) electrons. The van der Waals surface area contributed by atoms with Gasteiger partial charge < -0.3 is 10.6 Å². The molecule has 1 aromatic heterocycles. The van der Waals surface area contributed by atoms with Crippen LogP contribution < -0.4 is 10.6 Å². The molecule has 1 amide bonds. The maximum absolute atomic E-state index is 12.2. The first kappa shape index (κ1) is 12.6. The lowest BCUT2D eigenvalue weighted by Crippen LogP contribution is -2.27. The lowest BCUT2D eigenvalue weighted by atomic mass is 10.2. The second kappa shape index (κ2) is 5.19. The van der Waals surface area contributed by atoms with E-state index in [2.05, 4.69) is 4.98 Å². The van der Waals surface area contributed by atoms with Crippen LogP contribution in [0.25, 0.3) is 0 Å². The fourth-order valence-corrected chi connectivity index (χ4v) is 1.61. The van der Waals surface area contributed by atoms with Crippen LogP contribution in [0.5, 0.6) is 0 Å². The molecule has 0 aliphatic heterocycles. The zero-order valence-corrected chi connectivity index (χ0v) is 10.4. The molecule has 0 spiro atoms. The molecular formula is C14H12N4O. The summed E-state index contributed by atoms with van der Waals surface area (Å²) in [6.07, 6.45) is 1.50. The molecule has 2 rings (SSSR count). The normalized spacial score (nSPS) is 9.68. The van der Waals surface area contributed by atoms with Crippen LogP contribution >= 0.6 is 0 Å². The van der Waals surface area contributed by atoms with Crippen molar-refractivity contribution >= 4 is 17.3 Å². The number of hydrogen-bond donors (Lipinski definition) is 1. The minimum absolute atomic E-state index is 0.253. The fraction of sp³-hybridized carbons (Fsp3) is 0.0714. The predicted molar refractivity (Wildman–Crippen MR) is 72.5 cm³/mol. The summed E-state index contributed by atoms with van der Waals surface area (Å²) in [7, 11) is 1.65. The highest BCUT2D eigenvalue weighted by Gasteiger charge is 2.14. The van der Waals surface area contributed by atoms with Crippen molar-refractivity contribution in [2.24, 2.45) is 0 Å². The van der Waals surface area contributed by atoms with Gasteiger partial charge in [0.05, 0.1) is 11.6 Å². The number of hydrogen-bond acceptors (Lipinski definition) is 4. The third kappa shape index (κ3) is 2.69. The monoisotopic (exact) mass is 252 g/mol. The SMILES string of the molecule is CN(C(=O)c1cc(N)ccn1)c1ccc(C#N)cc1. The molecule has 0 fully saturated rings. The zero-order chi connectivity index (χ0) is 13.8. The van der Waals surface area contributed by atoms with Gasteiger partial charge in [-0.2, -0.15) is 5.26 Å². The number of nitrogen functional groups attached to an aromatic ring is 1. The predicted octanol–water partition coefficient (Wildman–Crippen LogP) is 1.81. The van der Waals surface area contributed by atoms with Gasteiger partial charge in [0.25, 0.3) is 5.91 Å². The summed E-state index contributed by atoms with van der Waals surface area (Å²) >= 11 is 0. The van der Waals surface area contributed by atoms with Crippen molar-refractivity contribution in [2.75, 3.05) is 17.7 Å². The van der Waals surface area contributed by atoms with Gasteiger partial charge in [0.1, 0.15) is 5.69 Å². The highest BCUT2D eigenvalue weighted by molar-refractivity contribution is 6.04. The molecule has 5 heteroatoms. The largest absolute Gasteiger partial charge is 0.399 e. The number of nitrogens with two attached hydrogens (primary N) is 1. The molecule has 1 heterocycles. The summed E-state index contributed by atoms with van der Waals surface area (Å²) in [5.74, 6) is -0.253. The topological polar surface area (TPSA) is 83.0 Å². The van der Waals surface area contributed by atoms with Gasteiger partial charge in [-0.05, 0) is 36.4 Å². The number of rotatable bonds is 2. The Balaban J connectivity index is 2.26. The van der Waals surface area contributed by atoms with Crippen molar-refractivity contribution < 1.29 is 4.79 Å². The van der Waals surface area contributed by atoms with E-state index in [9.17, 15) is 4.79 Å². The van der Waals surface area contributed by atoms with Crippen molar-refractivity contribution in [3.05, 3.63) is 53.9 Å². The Morgan fingerprint density at radius 1 is 1.32 bits per heavy atom. The van der Waals surface area contributed by atoms with Gasteiger partial charge in [0, 0.05) is 24.6 Å². The van der Waals surface area contributed by atoms with Gasteiger partial charge in [-0.3, -0.25) is 9.78 Å². The van der Waals surface area contributed by atoms with Crippen molar-refractivity contribution in [2.45, 2.75) is 0 Å². The average Bonchev–Trinajstić information content (AvgIpc) is 2.46. The molecule has 0 bridgehead atoms. The molecule has 1 aromatic carbocycles. The Hall–Kier alpha value is -2.87. The lowest BCUT2D eigenvalue weighted by molar-refractivity contribution is 0.0988. The van der Waals surface area contributed by atoms with Crippen LogP contribution in [0, 0.1) is 11.3 Å². The number of anilines is 2. The van der Waals surface area contributed by atoms with Crippen molar-refractivity contribution in [1.29, 1.82) is 5.26 Å². The number of benzene rings is 1. The lowest BCUT2D eigenvalue weighted by Gasteiger charge is -2.16. The van der Waals surface area contributed by atoms with Gasteiger partial charge in [-0.1, -0.05) is 0 Å². The van der Waals surface area contributed by atoms with Gasteiger partial charge in [-0.25, -0.2) is 0 Å². The summed E-state index contributed by atoms with van der Waals surface area (Å²) in [5, 5.41) is 8.73. The Bertz CT molecular complexity index is 643. The van der Waals surface area contributed by atoms with Gasteiger partial charge in [-0.15, -0.1) is 0 Å². The summed E-state index contributed by atoms with van der Waals surface area (Å²) < 4.78 is 0. The highest BCUT2D eigenvalue weighted by Crippen LogP contribution is 2.16. The number of nitriles is 1. The van der Waals surface area contributed by atoms with E-state index in [1.54, 1.807) is 37.4 Å². The van der Waals surface area contributed by atoms with Crippen LogP contribution in [0.2, 0.25) is 0 Å². The molecule has 5 nitrogen and oxygen atoms in total. The van der Waals surface area contributed by atoms with Crippen LogP contribution in [0.1, 0.15) is 16.1 Å². The van der Waals surface area contributed by atoms with E-state index in [0.29, 0.717) is 16.9 Å². The number of nitrogens with zero attached hydrogens (tertiary/aromatic N) is 3. The smallest absolute Gasteiger partial charge is 0.276 e. The quantitative estimate of drug-likeness (QED) is 0.883. The molecule has 0 unspecified atom stereocenters. The summed E-state index contributed by atoms with van der Waals surface area (Å²) in [6, 6.07) is 11.9. The number of carbonyl (C=O) groups is 1. The van der Waals surface area contributed by atoms with Crippen molar-refractivity contribution in [1.82, 2.24) is 4.98 Å². The second-order valence-electron chi connectivity index (χ2n) is 4.00. The first-order valence-corrected chi connectivity index (χ1v) is 5.61. The Morgan fingerprint density at radius 3 is 2.58 bits per heavy atom. The summed E-state index contributed by atoms with van der Waals surface area (Å²) in [5.41, 5.74) is 7.64. The van der Waals surface area contributed by atoms with E-state index in [1.165, 1.54) is 17.2 Å². The molecule has 94 valence electrons. The minimum atomic E-state index is -0.253. The third-order valence-corrected chi connectivity index (χ3v) is 2.69.